The van der Waals surface area contributed by atoms with Crippen molar-refractivity contribution in [2.45, 2.75) is 6.42 Å². The minimum absolute atomic E-state index is 0.115. The summed E-state index contributed by atoms with van der Waals surface area (Å²) in [6, 6.07) is 11.0. The zero-order valence-corrected chi connectivity index (χ0v) is 12.8. The number of rotatable bonds is 5. The summed E-state index contributed by atoms with van der Waals surface area (Å²) in [6.07, 6.45) is 0.294. The van der Waals surface area contributed by atoms with Gasteiger partial charge < -0.3 is 4.52 Å². The Morgan fingerprint density at radius 2 is 2.09 bits per heavy atom. The lowest BCUT2D eigenvalue weighted by Gasteiger charge is -2.02. The highest BCUT2D eigenvalue weighted by atomic mass is 35.5. The van der Waals surface area contributed by atoms with Gasteiger partial charge in [0.15, 0.2) is 0 Å². The van der Waals surface area contributed by atoms with Crippen molar-refractivity contribution >= 4 is 34.9 Å². The molecule has 2 heterocycles. The molecule has 0 fully saturated rings. The first-order valence-electron chi connectivity index (χ1n) is 6.37. The molecule has 3 rings (SSSR count). The highest BCUT2D eigenvalue weighted by Gasteiger charge is 2.10. The number of nitrogens with one attached hydrogen (secondary N) is 2. The van der Waals surface area contributed by atoms with Crippen LogP contribution in [-0.2, 0) is 11.2 Å². The largest absolute Gasteiger partial charge is 0.340 e. The van der Waals surface area contributed by atoms with Crippen molar-refractivity contribution in [3.05, 3.63) is 51.7 Å². The molecule has 6 nitrogen and oxygen atoms in total. The van der Waals surface area contributed by atoms with E-state index in [1.54, 1.807) is 24.3 Å². The summed E-state index contributed by atoms with van der Waals surface area (Å²) in [4.78, 5) is 16.8. The predicted octanol–water partition coefficient (Wildman–Crippen LogP) is 3.14. The Bertz CT molecular complexity index is 756. The van der Waals surface area contributed by atoms with E-state index < -0.39 is 0 Å². The van der Waals surface area contributed by atoms with Crippen LogP contribution in [0.1, 0.15) is 4.88 Å². The smallest absolute Gasteiger partial charge is 0.313 e. The van der Waals surface area contributed by atoms with Gasteiger partial charge in [-0.2, -0.15) is 4.98 Å². The Labute approximate surface area is 135 Å². The van der Waals surface area contributed by atoms with Gasteiger partial charge in [0.05, 0.1) is 6.42 Å². The third-order valence-electron chi connectivity index (χ3n) is 2.75. The molecule has 0 aliphatic heterocycles. The number of halogens is 1. The molecule has 2 aromatic heterocycles. The van der Waals surface area contributed by atoms with Gasteiger partial charge in [-0.3, -0.25) is 10.2 Å². The molecular formula is C14H11ClN4O2S. The molecular weight excluding hydrogens is 324 g/mol. The molecule has 0 spiro atoms. The van der Waals surface area contributed by atoms with Crippen LogP contribution in [0, 0.1) is 0 Å². The average molecular weight is 335 g/mol. The summed E-state index contributed by atoms with van der Waals surface area (Å²) in [5.74, 6) is 0.223. The quantitative estimate of drug-likeness (QED) is 0.701. The molecule has 8 heteroatoms. The molecule has 22 heavy (non-hydrogen) atoms. The molecule has 0 unspecified atom stereocenters. The summed E-state index contributed by atoms with van der Waals surface area (Å²) in [5, 5.41) is 6.38. The number of aromatic nitrogens is 2. The van der Waals surface area contributed by atoms with Crippen LogP contribution < -0.4 is 10.9 Å². The van der Waals surface area contributed by atoms with E-state index in [9.17, 15) is 4.79 Å². The lowest BCUT2D eigenvalue weighted by molar-refractivity contribution is -0.119. The van der Waals surface area contributed by atoms with Crippen molar-refractivity contribution in [2.24, 2.45) is 0 Å². The normalized spacial score (nSPS) is 10.4. The van der Waals surface area contributed by atoms with Gasteiger partial charge in [0.2, 0.25) is 11.7 Å². The lowest BCUT2D eigenvalue weighted by Crippen LogP contribution is -2.30. The van der Waals surface area contributed by atoms with Crippen LogP contribution in [0.4, 0.5) is 6.01 Å². The van der Waals surface area contributed by atoms with E-state index in [0.29, 0.717) is 17.3 Å². The number of hydrogen-bond donors (Lipinski definition) is 2. The third kappa shape index (κ3) is 3.63. The molecule has 0 aliphatic carbocycles. The fourth-order valence-electron chi connectivity index (χ4n) is 1.73. The van der Waals surface area contributed by atoms with E-state index in [-0.39, 0.29) is 11.9 Å². The second-order valence-corrected chi connectivity index (χ2v) is 5.83. The van der Waals surface area contributed by atoms with Gasteiger partial charge in [0.25, 0.3) is 0 Å². The molecule has 112 valence electrons. The van der Waals surface area contributed by atoms with Gasteiger partial charge in [0, 0.05) is 15.5 Å². The van der Waals surface area contributed by atoms with Crippen LogP contribution in [0.3, 0.4) is 0 Å². The number of hydrogen-bond acceptors (Lipinski definition) is 6. The van der Waals surface area contributed by atoms with Crippen molar-refractivity contribution < 1.29 is 9.32 Å². The van der Waals surface area contributed by atoms with E-state index in [1.807, 2.05) is 17.5 Å². The molecule has 1 amide bonds. The Hall–Kier alpha value is -2.38. The van der Waals surface area contributed by atoms with Gasteiger partial charge in [-0.25, -0.2) is 5.43 Å². The highest BCUT2D eigenvalue weighted by Crippen LogP contribution is 2.19. The topological polar surface area (TPSA) is 80.0 Å². The number of nitrogens with zero attached hydrogens (tertiary/aromatic N) is 2. The first-order chi connectivity index (χ1) is 10.7. The van der Waals surface area contributed by atoms with Crippen LogP contribution in [0.25, 0.3) is 11.4 Å². The summed E-state index contributed by atoms with van der Waals surface area (Å²) >= 11 is 7.35. The van der Waals surface area contributed by atoms with Gasteiger partial charge >= 0.3 is 6.01 Å². The Balaban J connectivity index is 1.57. The van der Waals surface area contributed by atoms with E-state index in [1.165, 1.54) is 11.3 Å². The molecule has 0 bridgehead atoms. The summed E-state index contributed by atoms with van der Waals surface area (Å²) in [7, 11) is 0. The number of hydrazine groups is 1. The van der Waals surface area contributed by atoms with Crippen LogP contribution in [0.5, 0.6) is 0 Å². The highest BCUT2D eigenvalue weighted by molar-refractivity contribution is 7.10. The van der Waals surface area contributed by atoms with Crippen LogP contribution in [0.2, 0.25) is 5.02 Å². The fourth-order valence-corrected chi connectivity index (χ4v) is 2.56. The monoisotopic (exact) mass is 334 g/mol. The van der Waals surface area contributed by atoms with Gasteiger partial charge in [-0.05, 0) is 35.7 Å². The van der Waals surface area contributed by atoms with E-state index in [0.717, 1.165) is 10.4 Å². The summed E-state index contributed by atoms with van der Waals surface area (Å²) in [6.45, 7) is 0. The van der Waals surface area contributed by atoms with Crippen molar-refractivity contribution in [2.75, 3.05) is 5.43 Å². The average Bonchev–Trinajstić information content (AvgIpc) is 3.17. The van der Waals surface area contributed by atoms with Crippen LogP contribution in [-0.4, -0.2) is 16.0 Å². The number of carbonyl (C=O) groups excluding carboxylic acids is 1. The molecule has 2 N–H and O–H groups in total. The van der Waals surface area contributed by atoms with E-state index >= 15 is 0 Å². The maximum Gasteiger partial charge on any atom is 0.340 e. The summed E-state index contributed by atoms with van der Waals surface area (Å²) in [5.41, 5.74) is 5.88. The van der Waals surface area contributed by atoms with Crippen LogP contribution >= 0.6 is 22.9 Å². The maximum absolute atomic E-state index is 11.7. The van der Waals surface area contributed by atoms with Crippen molar-refractivity contribution in [1.82, 2.24) is 15.6 Å². The number of amides is 1. The molecule has 3 aromatic rings. The molecule has 1 aromatic carbocycles. The Morgan fingerprint density at radius 1 is 1.27 bits per heavy atom. The van der Waals surface area contributed by atoms with Crippen LogP contribution in [0.15, 0.2) is 46.3 Å². The fraction of sp³-hybridized carbons (Fsp3) is 0.0714. The van der Waals surface area contributed by atoms with Crippen molar-refractivity contribution in [1.29, 1.82) is 0 Å². The minimum Gasteiger partial charge on any atom is -0.313 e. The summed E-state index contributed by atoms with van der Waals surface area (Å²) < 4.78 is 5.02. The number of anilines is 1. The zero-order valence-electron chi connectivity index (χ0n) is 11.2. The first-order valence-corrected chi connectivity index (χ1v) is 7.63. The Morgan fingerprint density at radius 3 is 2.82 bits per heavy atom. The molecule has 0 radical (unpaired) electrons. The van der Waals surface area contributed by atoms with Gasteiger partial charge in [-0.1, -0.05) is 22.8 Å². The lowest BCUT2D eigenvalue weighted by atomic mass is 10.2. The van der Waals surface area contributed by atoms with E-state index in [4.69, 9.17) is 16.1 Å². The number of benzene rings is 1. The van der Waals surface area contributed by atoms with Gasteiger partial charge in [0.1, 0.15) is 0 Å². The second kappa shape index (κ2) is 6.59. The maximum atomic E-state index is 11.7. The van der Waals surface area contributed by atoms with Gasteiger partial charge in [-0.15, -0.1) is 11.3 Å². The SMILES string of the molecule is O=C(Cc1cccs1)NNc1nc(-c2ccc(Cl)cc2)no1. The first kappa shape index (κ1) is 14.6. The standard InChI is InChI=1S/C14H11ClN4O2S/c15-10-5-3-9(4-6-10)13-16-14(21-19-13)18-17-12(20)8-11-2-1-7-22-11/h1-7H,8H2,(H,17,20)(H,16,18,19). The molecule has 0 saturated heterocycles. The number of thiophene rings is 1. The zero-order chi connectivity index (χ0) is 15.4. The van der Waals surface area contributed by atoms with E-state index in [2.05, 4.69) is 21.0 Å². The molecule has 0 atom stereocenters. The van der Waals surface area contributed by atoms with Crippen molar-refractivity contribution in [3.63, 3.8) is 0 Å². The van der Waals surface area contributed by atoms with Crippen molar-refractivity contribution in [3.8, 4) is 11.4 Å². The third-order valence-corrected chi connectivity index (χ3v) is 3.88. The predicted molar refractivity (Wildman–Crippen MR) is 84.5 cm³/mol. The minimum atomic E-state index is -0.186. The molecule has 0 saturated carbocycles. The molecule has 0 aliphatic rings. The second-order valence-electron chi connectivity index (χ2n) is 4.36. The number of carbonyl (C=O) groups is 1. The Kier molecular flexibility index (Phi) is 4.36.